The lowest BCUT2D eigenvalue weighted by Gasteiger charge is -2.64. The Kier molecular flexibility index (Phi) is 44.4. The van der Waals surface area contributed by atoms with Crippen molar-refractivity contribution >= 4 is 0 Å². The van der Waals surface area contributed by atoms with E-state index in [-0.39, 0.29) is 79.6 Å². The molecule has 6 saturated heterocycles. The second kappa shape index (κ2) is 38.2. The highest BCUT2D eigenvalue weighted by atomic mass is 16.6. The van der Waals surface area contributed by atoms with Crippen molar-refractivity contribution in [3.63, 3.8) is 0 Å². The third-order valence-corrected chi connectivity index (χ3v) is 16.0. The first-order chi connectivity index (χ1) is 30.3. The monoisotopic (exact) mass is 985 g/mol. The van der Waals surface area contributed by atoms with Gasteiger partial charge in [0.2, 0.25) is 0 Å². The molecular weight excluding hydrogens is 857 g/mol. The molecule has 6 heterocycles. The van der Waals surface area contributed by atoms with Crippen LogP contribution in [0, 0.1) is 51.8 Å². The topological polar surface area (TPSA) is 137 Å². The number of rotatable bonds is 13. The molecule has 68 heavy (non-hydrogen) atoms. The Balaban J connectivity index is -0.000000366. The molecule has 9 rings (SSSR count). The minimum Gasteiger partial charge on any atom is -0.412 e. The van der Waals surface area contributed by atoms with E-state index < -0.39 is 0 Å². The number of methoxy groups -OCH3 is 2. The second-order valence-corrected chi connectivity index (χ2v) is 20.3. The molecule has 0 radical (unpaired) electrons. The maximum Gasteiger partial charge on any atom is 0.0972 e. The molecule has 0 aromatic rings. The third-order valence-electron chi connectivity index (χ3n) is 16.0. The quantitative estimate of drug-likeness (QED) is 0.185. The van der Waals surface area contributed by atoms with Crippen molar-refractivity contribution in [3.8, 4) is 0 Å². The van der Waals surface area contributed by atoms with Gasteiger partial charge >= 0.3 is 0 Å². The fourth-order valence-electron chi connectivity index (χ4n) is 12.1. The SMILES string of the molecule is C.C.C.CC.CC.CC.CCC.CCC1O[C@@]2(COCC3C[C@]4(COC)OC(CC)[C@@]3(C)C[C@@H]4COCC34C[C@@H](C)[C@@](C)(C[C@@H]3C)C(C)O4)CC(C)[C@]1(C)C[C@@H]2C.CCCO.CCO.COC.O. The first-order valence-electron chi connectivity index (χ1n) is 26.6. The van der Waals surface area contributed by atoms with E-state index in [9.17, 15) is 0 Å². The van der Waals surface area contributed by atoms with Crippen molar-refractivity contribution in [3.05, 3.63) is 0 Å². The molecule has 0 aromatic carbocycles. The van der Waals surface area contributed by atoms with Crippen LogP contribution in [0.4, 0.5) is 0 Å². The summed E-state index contributed by atoms with van der Waals surface area (Å²) in [4.78, 5) is 0. The highest BCUT2D eigenvalue weighted by Gasteiger charge is 2.64. The largest absolute Gasteiger partial charge is 0.412 e. The summed E-state index contributed by atoms with van der Waals surface area (Å²) < 4.78 is 44.6. The van der Waals surface area contributed by atoms with E-state index in [1.807, 2.05) is 55.6 Å². The molecule has 9 aliphatic rings. The van der Waals surface area contributed by atoms with Crippen LogP contribution in [0.1, 0.15) is 225 Å². The molecule has 0 spiro atoms. The van der Waals surface area contributed by atoms with Crippen molar-refractivity contribution < 1.29 is 48.8 Å². The molecule has 4 N–H and O–H groups in total. The lowest BCUT2D eigenvalue weighted by molar-refractivity contribution is -0.316. The number of ether oxygens (including phenoxy) is 7. The van der Waals surface area contributed by atoms with Crippen molar-refractivity contribution in [1.29, 1.82) is 0 Å². The molecule has 15 atom stereocenters. The number of fused-ring (bicyclic) bond motifs is 9. The molecule has 3 saturated carbocycles. The van der Waals surface area contributed by atoms with Crippen molar-refractivity contribution in [2.75, 3.05) is 67.6 Å². The van der Waals surface area contributed by atoms with Gasteiger partial charge in [-0.1, -0.05) is 153 Å². The van der Waals surface area contributed by atoms with E-state index in [0.29, 0.717) is 74.6 Å². The van der Waals surface area contributed by atoms with Crippen LogP contribution in [-0.4, -0.2) is 118 Å². The summed E-state index contributed by atoms with van der Waals surface area (Å²) >= 11 is 0. The van der Waals surface area contributed by atoms with E-state index in [1.54, 1.807) is 21.1 Å². The fraction of sp³-hybridized carbons (Fsp3) is 1.00. The first kappa shape index (κ1) is 79.0. The second-order valence-electron chi connectivity index (χ2n) is 20.3. The Hall–Kier alpha value is -0.400. The zero-order valence-electron chi connectivity index (χ0n) is 47.5. The zero-order chi connectivity index (χ0) is 50.2. The van der Waals surface area contributed by atoms with Gasteiger partial charge in [-0.3, -0.25) is 0 Å². The van der Waals surface area contributed by atoms with Crippen LogP contribution in [0.2, 0.25) is 0 Å². The molecule has 0 aromatic heterocycles. The van der Waals surface area contributed by atoms with Gasteiger partial charge in [0, 0.05) is 40.5 Å². The van der Waals surface area contributed by atoms with Crippen LogP contribution in [0.15, 0.2) is 0 Å². The Morgan fingerprint density at radius 3 is 1.24 bits per heavy atom. The van der Waals surface area contributed by atoms with Gasteiger partial charge < -0.3 is 48.8 Å². The number of hydrogen-bond acceptors (Lipinski definition) is 9. The lowest BCUT2D eigenvalue weighted by atomic mass is 9.53. The standard InChI is InChI=1S/C39H68O6.C3H8O.C3H8.2C2H6O.3C2H6.3CH4.H2O/c1-12-32-35(9)15-28(6)38(44-32,17-26(35)4)24-41-20-30-19-39(22-40-11)31(18-36(30,10)33(13-2)45-39)21-42-23-37-16-25(3)34(8,14-27(37)5)29(7)43-37;1-2-3-4;2*1-3-2;1-2-3;3*1-2;;;;/h25-33H,12-24H2,1-11H3;4H,2-3H2,1H3;3H2,1-2H3;1-2H3;3H,2H2,1H3;3*1-2H3;3*1H4;1H2/t25-,26?,27+,28+,29?,30?,31-,32?,33?,34-,35+,36+,37?,38-,39-;;;;;;;;;;;/m1.........../s1. The predicted octanol–water partition coefficient (Wildman–Crippen LogP) is 14.3. The summed E-state index contributed by atoms with van der Waals surface area (Å²) in [5.74, 6) is 3.05. The summed E-state index contributed by atoms with van der Waals surface area (Å²) in [6, 6.07) is 0. The highest BCUT2D eigenvalue weighted by Crippen LogP contribution is 2.62. The first-order valence-corrected chi connectivity index (χ1v) is 26.6. The maximum atomic E-state index is 7.88. The normalized spacial score (nSPS) is 38.2. The van der Waals surface area contributed by atoms with E-state index in [2.05, 4.69) is 87.8 Å². The molecule has 10 nitrogen and oxygen atoms in total. The Labute approximate surface area is 426 Å². The van der Waals surface area contributed by atoms with Crippen molar-refractivity contribution in [1.82, 2.24) is 0 Å². The van der Waals surface area contributed by atoms with Gasteiger partial charge in [-0.25, -0.2) is 0 Å². The average molecular weight is 986 g/mol. The lowest BCUT2D eigenvalue weighted by Crippen LogP contribution is -2.68. The average Bonchev–Trinajstić information content (AvgIpc) is 3.27. The molecule has 420 valence electrons. The summed E-state index contributed by atoms with van der Waals surface area (Å²) in [5, 5.41) is 15.4. The van der Waals surface area contributed by atoms with Crippen LogP contribution < -0.4 is 0 Å². The fourth-order valence-corrected chi connectivity index (χ4v) is 12.1. The van der Waals surface area contributed by atoms with Gasteiger partial charge in [0.1, 0.15) is 0 Å². The molecule has 9 fully saturated rings. The van der Waals surface area contributed by atoms with Crippen LogP contribution in [0.3, 0.4) is 0 Å². The number of aliphatic hydroxyl groups is 2. The van der Waals surface area contributed by atoms with Crippen LogP contribution >= 0.6 is 0 Å². The number of aliphatic hydroxyl groups excluding tert-OH is 2. The van der Waals surface area contributed by atoms with E-state index in [1.165, 1.54) is 19.3 Å². The summed E-state index contributed by atoms with van der Waals surface area (Å²) in [6.07, 6.45) is 11.7. The minimum atomic E-state index is -0.342. The summed E-state index contributed by atoms with van der Waals surface area (Å²) in [5.41, 5.74) is -0.0659. The zero-order valence-corrected chi connectivity index (χ0v) is 47.5. The van der Waals surface area contributed by atoms with Crippen LogP contribution in [-0.2, 0) is 33.2 Å². The molecule has 6 aliphatic heterocycles. The van der Waals surface area contributed by atoms with E-state index in [4.69, 9.17) is 38.6 Å². The van der Waals surface area contributed by atoms with Crippen LogP contribution in [0.25, 0.3) is 0 Å². The third kappa shape index (κ3) is 18.5. The van der Waals surface area contributed by atoms with Gasteiger partial charge in [0.25, 0.3) is 0 Å². The number of hydrogen-bond donors (Lipinski definition) is 2. The highest BCUT2D eigenvalue weighted by molar-refractivity contribution is 5.12. The molecule has 10 heteroatoms. The van der Waals surface area contributed by atoms with Gasteiger partial charge in [0.05, 0.1) is 68.1 Å². The molecule has 0 amide bonds. The Bertz CT molecular complexity index is 1140. The predicted molar refractivity (Wildman–Crippen MR) is 295 cm³/mol. The summed E-state index contributed by atoms with van der Waals surface area (Å²) in [7, 11) is 5.08. The van der Waals surface area contributed by atoms with E-state index >= 15 is 0 Å². The minimum absolute atomic E-state index is 0. The Morgan fingerprint density at radius 2 is 0.853 bits per heavy atom. The van der Waals surface area contributed by atoms with Crippen molar-refractivity contribution in [2.24, 2.45) is 51.8 Å². The smallest absolute Gasteiger partial charge is 0.0972 e. The van der Waals surface area contributed by atoms with Gasteiger partial charge in [-0.15, -0.1) is 0 Å². The molecular formula is C58H128O10. The van der Waals surface area contributed by atoms with Gasteiger partial charge in [0.15, 0.2) is 0 Å². The molecule has 6 unspecified atom stereocenters. The molecule has 3 aliphatic carbocycles. The van der Waals surface area contributed by atoms with Crippen molar-refractivity contribution in [2.45, 2.75) is 260 Å². The van der Waals surface area contributed by atoms with Gasteiger partial charge in [-0.2, -0.15) is 0 Å². The summed E-state index contributed by atoms with van der Waals surface area (Å²) in [6.45, 7) is 47.7. The van der Waals surface area contributed by atoms with E-state index in [0.717, 1.165) is 51.6 Å². The maximum absolute atomic E-state index is 7.88. The Morgan fingerprint density at radius 1 is 0.500 bits per heavy atom. The van der Waals surface area contributed by atoms with Gasteiger partial charge in [-0.05, 0) is 117 Å². The molecule has 6 bridgehead atoms. The van der Waals surface area contributed by atoms with Crippen LogP contribution in [0.5, 0.6) is 0 Å².